The van der Waals surface area contributed by atoms with E-state index in [1.54, 1.807) is 0 Å². The van der Waals surface area contributed by atoms with Gasteiger partial charge < -0.3 is 5.73 Å². The highest BCUT2D eigenvalue weighted by Crippen LogP contribution is 2.27. The molecule has 3 N–H and O–H groups in total. The van der Waals surface area contributed by atoms with Crippen LogP contribution in [0.1, 0.15) is 11.1 Å². The standard InChI is InChI=1S/C13H13BrFN3O2S/c1-7-3-9(15)4-8(2)12(7)21(19,20)18-13-11(14)5-10(16)6-17-13/h3-6H,16H2,1-2H3,(H,17,18). The first kappa shape index (κ1) is 15.7. The van der Waals surface area contributed by atoms with Gasteiger partial charge in [0.15, 0.2) is 5.82 Å². The monoisotopic (exact) mass is 373 g/mol. The molecule has 0 aliphatic rings. The van der Waals surface area contributed by atoms with Gasteiger partial charge in [-0.15, -0.1) is 0 Å². The van der Waals surface area contributed by atoms with Gasteiger partial charge in [-0.25, -0.2) is 17.8 Å². The summed E-state index contributed by atoms with van der Waals surface area (Å²) in [6.45, 7) is 3.08. The Morgan fingerprint density at radius 2 is 1.81 bits per heavy atom. The molecule has 21 heavy (non-hydrogen) atoms. The number of rotatable bonds is 3. The van der Waals surface area contributed by atoms with Gasteiger partial charge in [0.05, 0.1) is 21.3 Å². The molecule has 1 aromatic carbocycles. The molecule has 0 amide bonds. The van der Waals surface area contributed by atoms with E-state index in [9.17, 15) is 12.8 Å². The van der Waals surface area contributed by atoms with E-state index < -0.39 is 15.8 Å². The van der Waals surface area contributed by atoms with Gasteiger partial charge in [0.1, 0.15) is 5.82 Å². The van der Waals surface area contributed by atoms with Gasteiger partial charge in [0, 0.05) is 0 Å². The van der Waals surface area contributed by atoms with Gasteiger partial charge in [0.25, 0.3) is 10.0 Å². The van der Waals surface area contributed by atoms with Gasteiger partial charge in [-0.05, 0) is 59.1 Å². The van der Waals surface area contributed by atoms with Crippen LogP contribution in [0.5, 0.6) is 0 Å². The molecule has 0 atom stereocenters. The Morgan fingerprint density at radius 1 is 1.24 bits per heavy atom. The molecular weight excluding hydrogens is 361 g/mol. The van der Waals surface area contributed by atoms with Crippen LogP contribution in [0.15, 0.2) is 33.8 Å². The first-order valence-electron chi connectivity index (χ1n) is 5.91. The molecule has 0 fully saturated rings. The molecule has 0 aliphatic carbocycles. The SMILES string of the molecule is Cc1cc(F)cc(C)c1S(=O)(=O)Nc1ncc(N)cc1Br. The lowest BCUT2D eigenvalue weighted by Crippen LogP contribution is -2.17. The average Bonchev–Trinajstić information content (AvgIpc) is 2.30. The third-order valence-corrected chi connectivity index (χ3v) is 5.04. The van der Waals surface area contributed by atoms with E-state index in [1.807, 2.05) is 0 Å². The lowest BCUT2D eigenvalue weighted by molar-refractivity contribution is 0.597. The van der Waals surface area contributed by atoms with Crippen molar-refractivity contribution in [2.45, 2.75) is 18.7 Å². The van der Waals surface area contributed by atoms with Gasteiger partial charge in [0.2, 0.25) is 0 Å². The Labute approximate surface area is 130 Å². The van der Waals surface area contributed by atoms with Crippen LogP contribution in [0.4, 0.5) is 15.9 Å². The van der Waals surface area contributed by atoms with E-state index in [4.69, 9.17) is 5.73 Å². The van der Waals surface area contributed by atoms with Crippen LogP contribution >= 0.6 is 15.9 Å². The van der Waals surface area contributed by atoms with E-state index in [0.717, 1.165) is 0 Å². The number of nitrogens with zero attached hydrogens (tertiary/aromatic N) is 1. The van der Waals surface area contributed by atoms with E-state index in [-0.39, 0.29) is 10.7 Å². The Morgan fingerprint density at radius 3 is 2.33 bits per heavy atom. The number of hydrogen-bond acceptors (Lipinski definition) is 4. The molecule has 0 aliphatic heterocycles. The summed E-state index contributed by atoms with van der Waals surface area (Å²) < 4.78 is 41.0. The zero-order valence-electron chi connectivity index (χ0n) is 11.3. The number of benzene rings is 1. The van der Waals surface area contributed by atoms with Crippen molar-refractivity contribution in [3.05, 3.63) is 45.8 Å². The van der Waals surface area contributed by atoms with Crippen molar-refractivity contribution in [1.29, 1.82) is 0 Å². The predicted octanol–water partition coefficient (Wildman–Crippen LogP) is 2.98. The summed E-state index contributed by atoms with van der Waals surface area (Å²) in [5, 5.41) is 0. The van der Waals surface area contributed by atoms with Crippen LogP contribution < -0.4 is 10.5 Å². The van der Waals surface area contributed by atoms with Crippen molar-refractivity contribution < 1.29 is 12.8 Å². The summed E-state index contributed by atoms with van der Waals surface area (Å²) in [6, 6.07) is 3.88. The number of nitrogens with one attached hydrogen (secondary N) is 1. The van der Waals surface area contributed by atoms with Crippen molar-refractivity contribution in [2.24, 2.45) is 0 Å². The smallest absolute Gasteiger partial charge is 0.263 e. The Balaban J connectivity index is 2.48. The summed E-state index contributed by atoms with van der Waals surface area (Å²) in [6.07, 6.45) is 1.34. The number of aromatic nitrogens is 1. The number of nitrogen functional groups attached to an aromatic ring is 1. The second-order valence-electron chi connectivity index (χ2n) is 4.57. The number of pyridine rings is 1. The Bertz CT molecular complexity index is 786. The van der Waals surface area contributed by atoms with E-state index in [0.29, 0.717) is 21.3 Å². The maximum absolute atomic E-state index is 13.3. The largest absolute Gasteiger partial charge is 0.397 e. The molecular formula is C13H13BrFN3O2S. The number of anilines is 2. The lowest BCUT2D eigenvalue weighted by Gasteiger charge is -2.13. The molecule has 0 bridgehead atoms. The van der Waals surface area contributed by atoms with Gasteiger partial charge in [-0.3, -0.25) is 4.72 Å². The van der Waals surface area contributed by atoms with E-state index >= 15 is 0 Å². The van der Waals surface area contributed by atoms with Gasteiger partial charge >= 0.3 is 0 Å². The fraction of sp³-hybridized carbons (Fsp3) is 0.154. The van der Waals surface area contributed by atoms with Crippen molar-refractivity contribution in [3.63, 3.8) is 0 Å². The predicted molar refractivity (Wildman–Crippen MR) is 83.0 cm³/mol. The Hall–Kier alpha value is -1.67. The number of hydrogen-bond donors (Lipinski definition) is 2. The lowest BCUT2D eigenvalue weighted by atomic mass is 10.1. The van der Waals surface area contributed by atoms with E-state index in [2.05, 4.69) is 25.6 Å². The number of sulfonamides is 1. The first-order chi connectivity index (χ1) is 9.70. The van der Waals surface area contributed by atoms with Crippen LogP contribution in [0, 0.1) is 19.7 Å². The van der Waals surface area contributed by atoms with E-state index in [1.165, 1.54) is 38.2 Å². The summed E-state index contributed by atoms with van der Waals surface area (Å²) >= 11 is 3.19. The van der Waals surface area contributed by atoms with Crippen molar-refractivity contribution in [1.82, 2.24) is 4.98 Å². The summed E-state index contributed by atoms with van der Waals surface area (Å²) in [5.74, 6) is -0.358. The van der Waals surface area contributed by atoms with Crippen molar-refractivity contribution in [3.8, 4) is 0 Å². The third-order valence-electron chi connectivity index (χ3n) is 2.79. The van der Waals surface area contributed by atoms with Gasteiger partial charge in [-0.1, -0.05) is 0 Å². The average molecular weight is 374 g/mol. The Kier molecular flexibility index (Phi) is 4.20. The van der Waals surface area contributed by atoms with Crippen LogP contribution in [0.2, 0.25) is 0 Å². The molecule has 5 nitrogen and oxygen atoms in total. The highest BCUT2D eigenvalue weighted by atomic mass is 79.9. The molecule has 1 heterocycles. The third kappa shape index (κ3) is 3.33. The number of halogens is 2. The molecule has 0 unspecified atom stereocenters. The second kappa shape index (κ2) is 5.61. The molecule has 0 radical (unpaired) electrons. The molecule has 2 aromatic rings. The molecule has 112 valence electrons. The van der Waals surface area contributed by atoms with Gasteiger partial charge in [-0.2, -0.15) is 0 Å². The zero-order chi connectivity index (χ0) is 15.8. The topological polar surface area (TPSA) is 85.1 Å². The maximum Gasteiger partial charge on any atom is 0.263 e. The van der Waals surface area contributed by atoms with Crippen LogP contribution in [-0.2, 0) is 10.0 Å². The first-order valence-corrected chi connectivity index (χ1v) is 8.19. The molecule has 0 saturated heterocycles. The van der Waals surface area contributed by atoms with Crippen molar-refractivity contribution >= 4 is 37.5 Å². The maximum atomic E-state index is 13.3. The summed E-state index contributed by atoms with van der Waals surface area (Å²) in [7, 11) is -3.88. The molecule has 0 spiro atoms. The minimum Gasteiger partial charge on any atom is -0.397 e. The number of aryl methyl sites for hydroxylation is 2. The van der Waals surface area contributed by atoms with Crippen LogP contribution in [-0.4, -0.2) is 13.4 Å². The minimum absolute atomic E-state index is 0.0365. The van der Waals surface area contributed by atoms with Crippen molar-refractivity contribution in [2.75, 3.05) is 10.5 Å². The van der Waals surface area contributed by atoms with Crippen LogP contribution in [0.3, 0.4) is 0 Å². The normalized spacial score (nSPS) is 11.4. The number of nitrogens with two attached hydrogens (primary N) is 1. The molecule has 8 heteroatoms. The quantitative estimate of drug-likeness (QED) is 0.865. The van der Waals surface area contributed by atoms with Crippen LogP contribution in [0.25, 0.3) is 0 Å². The minimum atomic E-state index is -3.88. The zero-order valence-corrected chi connectivity index (χ0v) is 13.7. The molecule has 2 rings (SSSR count). The highest BCUT2D eigenvalue weighted by Gasteiger charge is 2.22. The molecule has 1 aromatic heterocycles. The fourth-order valence-corrected chi connectivity index (χ4v) is 4.11. The summed E-state index contributed by atoms with van der Waals surface area (Å²) in [5.41, 5.74) is 6.61. The molecule has 0 saturated carbocycles. The summed E-state index contributed by atoms with van der Waals surface area (Å²) in [4.78, 5) is 3.97. The fourth-order valence-electron chi connectivity index (χ4n) is 2.03. The second-order valence-corrected chi connectivity index (χ2v) is 7.05. The highest BCUT2D eigenvalue weighted by molar-refractivity contribution is 9.10.